The highest BCUT2D eigenvalue weighted by Gasteiger charge is 2.02. The van der Waals surface area contributed by atoms with Crippen molar-refractivity contribution in [3.05, 3.63) is 65.2 Å². The van der Waals surface area contributed by atoms with Crippen LogP contribution in [0.5, 0.6) is 5.75 Å². The summed E-state index contributed by atoms with van der Waals surface area (Å²) in [4.78, 5) is 11.8. The first-order valence-corrected chi connectivity index (χ1v) is 9.39. The van der Waals surface area contributed by atoms with Gasteiger partial charge in [-0.1, -0.05) is 36.4 Å². The predicted octanol–water partition coefficient (Wildman–Crippen LogP) is 4.12. The number of amides is 1. The SMILES string of the molecule is Cc1ccc(OCCNC(=O)CCSCc2ccccc2)cc1C. The fourth-order valence-corrected chi connectivity index (χ4v) is 3.08. The Morgan fingerprint density at radius 1 is 1.08 bits per heavy atom. The van der Waals surface area contributed by atoms with Crippen LogP contribution in [0.4, 0.5) is 0 Å². The Hall–Kier alpha value is -1.94. The number of rotatable bonds is 9. The van der Waals surface area contributed by atoms with Gasteiger partial charge in [-0.3, -0.25) is 4.79 Å². The van der Waals surface area contributed by atoms with E-state index < -0.39 is 0 Å². The van der Waals surface area contributed by atoms with E-state index in [0.717, 1.165) is 17.3 Å². The number of carbonyl (C=O) groups is 1. The van der Waals surface area contributed by atoms with Crippen LogP contribution in [-0.4, -0.2) is 24.8 Å². The van der Waals surface area contributed by atoms with E-state index in [0.29, 0.717) is 19.6 Å². The third-order valence-electron chi connectivity index (χ3n) is 3.76. The van der Waals surface area contributed by atoms with Gasteiger partial charge in [0.05, 0.1) is 6.54 Å². The van der Waals surface area contributed by atoms with Crippen molar-refractivity contribution >= 4 is 17.7 Å². The van der Waals surface area contributed by atoms with Crippen molar-refractivity contribution in [1.82, 2.24) is 5.32 Å². The molecule has 2 aromatic rings. The number of thioether (sulfide) groups is 1. The van der Waals surface area contributed by atoms with Crippen LogP contribution >= 0.6 is 11.8 Å². The van der Waals surface area contributed by atoms with Crippen LogP contribution in [-0.2, 0) is 10.5 Å². The molecule has 0 unspecified atom stereocenters. The summed E-state index contributed by atoms with van der Waals surface area (Å²) in [6.07, 6.45) is 0.543. The highest BCUT2D eigenvalue weighted by atomic mass is 32.2. The second-order valence-electron chi connectivity index (χ2n) is 5.73. The number of hydrogen-bond acceptors (Lipinski definition) is 3. The Balaban J connectivity index is 1.54. The van der Waals surface area contributed by atoms with Gasteiger partial charge in [0.1, 0.15) is 12.4 Å². The fourth-order valence-electron chi connectivity index (χ4n) is 2.18. The van der Waals surface area contributed by atoms with E-state index in [9.17, 15) is 4.79 Å². The Bertz CT molecular complexity index is 643. The summed E-state index contributed by atoms with van der Waals surface area (Å²) in [5, 5.41) is 2.90. The molecule has 2 aromatic carbocycles. The van der Waals surface area contributed by atoms with Gasteiger partial charge in [0.2, 0.25) is 5.91 Å². The molecule has 0 aliphatic rings. The quantitative estimate of drug-likeness (QED) is 0.696. The molecule has 0 bridgehead atoms. The molecule has 0 saturated heterocycles. The molecule has 0 aliphatic heterocycles. The van der Waals surface area contributed by atoms with Crippen LogP contribution < -0.4 is 10.1 Å². The fraction of sp³-hybridized carbons (Fsp3) is 0.350. The molecule has 24 heavy (non-hydrogen) atoms. The van der Waals surface area contributed by atoms with E-state index in [1.165, 1.54) is 16.7 Å². The largest absolute Gasteiger partial charge is 0.492 e. The van der Waals surface area contributed by atoms with Crippen molar-refractivity contribution < 1.29 is 9.53 Å². The average molecular weight is 343 g/mol. The lowest BCUT2D eigenvalue weighted by molar-refractivity contribution is -0.120. The van der Waals surface area contributed by atoms with Gasteiger partial charge in [-0.2, -0.15) is 11.8 Å². The topological polar surface area (TPSA) is 38.3 Å². The summed E-state index contributed by atoms with van der Waals surface area (Å²) < 4.78 is 5.66. The van der Waals surface area contributed by atoms with Gasteiger partial charge in [-0.25, -0.2) is 0 Å². The summed E-state index contributed by atoms with van der Waals surface area (Å²) in [5.41, 5.74) is 3.76. The lowest BCUT2D eigenvalue weighted by Gasteiger charge is -2.09. The molecule has 2 rings (SSSR count). The highest BCUT2D eigenvalue weighted by molar-refractivity contribution is 7.98. The minimum Gasteiger partial charge on any atom is -0.492 e. The van der Waals surface area contributed by atoms with Gasteiger partial charge < -0.3 is 10.1 Å². The van der Waals surface area contributed by atoms with E-state index in [1.54, 1.807) is 11.8 Å². The molecular weight excluding hydrogens is 318 g/mol. The van der Waals surface area contributed by atoms with Crippen molar-refractivity contribution in [1.29, 1.82) is 0 Å². The number of carbonyl (C=O) groups excluding carboxylic acids is 1. The standard InChI is InChI=1S/C20H25NO2S/c1-16-8-9-19(14-17(16)2)23-12-11-21-20(22)10-13-24-15-18-6-4-3-5-7-18/h3-9,14H,10-13,15H2,1-2H3,(H,21,22). The molecule has 0 saturated carbocycles. The second-order valence-corrected chi connectivity index (χ2v) is 6.84. The molecule has 1 amide bonds. The number of nitrogens with one attached hydrogen (secondary N) is 1. The van der Waals surface area contributed by atoms with E-state index in [1.807, 2.05) is 36.4 Å². The monoisotopic (exact) mass is 343 g/mol. The third-order valence-corrected chi connectivity index (χ3v) is 4.79. The van der Waals surface area contributed by atoms with Crippen LogP contribution in [0.3, 0.4) is 0 Å². The van der Waals surface area contributed by atoms with E-state index in [-0.39, 0.29) is 5.91 Å². The van der Waals surface area contributed by atoms with Crippen LogP contribution in [0.1, 0.15) is 23.1 Å². The number of ether oxygens (including phenoxy) is 1. The Morgan fingerprint density at radius 3 is 2.62 bits per heavy atom. The summed E-state index contributed by atoms with van der Waals surface area (Å²) in [6, 6.07) is 16.3. The third kappa shape index (κ3) is 6.67. The molecule has 0 spiro atoms. The zero-order valence-corrected chi connectivity index (χ0v) is 15.2. The highest BCUT2D eigenvalue weighted by Crippen LogP contribution is 2.16. The molecular formula is C20H25NO2S. The van der Waals surface area contributed by atoms with Gasteiger partial charge in [-0.05, 0) is 42.7 Å². The Morgan fingerprint density at radius 2 is 1.88 bits per heavy atom. The van der Waals surface area contributed by atoms with Crippen molar-refractivity contribution in [2.75, 3.05) is 18.9 Å². The first kappa shape index (κ1) is 18.4. The maximum atomic E-state index is 11.8. The van der Waals surface area contributed by atoms with E-state index in [2.05, 4.69) is 31.3 Å². The zero-order valence-electron chi connectivity index (χ0n) is 14.4. The smallest absolute Gasteiger partial charge is 0.220 e. The van der Waals surface area contributed by atoms with Crippen LogP contribution in [0.25, 0.3) is 0 Å². The summed E-state index contributed by atoms with van der Waals surface area (Å²) >= 11 is 1.78. The second kappa shape index (κ2) is 10.0. The summed E-state index contributed by atoms with van der Waals surface area (Å²) in [6.45, 7) is 5.17. The number of hydrogen-bond donors (Lipinski definition) is 1. The molecule has 0 radical (unpaired) electrons. The Kier molecular flexibility index (Phi) is 7.69. The molecule has 0 aromatic heterocycles. The van der Waals surface area contributed by atoms with Crippen molar-refractivity contribution in [2.24, 2.45) is 0 Å². The van der Waals surface area contributed by atoms with Crippen molar-refractivity contribution in [3.8, 4) is 5.75 Å². The van der Waals surface area contributed by atoms with Crippen molar-refractivity contribution in [3.63, 3.8) is 0 Å². The minimum atomic E-state index is 0.0826. The minimum absolute atomic E-state index is 0.0826. The lowest BCUT2D eigenvalue weighted by atomic mass is 10.1. The normalized spacial score (nSPS) is 10.4. The molecule has 0 atom stereocenters. The Labute approximate surface area is 148 Å². The first-order chi connectivity index (χ1) is 11.6. The van der Waals surface area contributed by atoms with Gasteiger partial charge >= 0.3 is 0 Å². The van der Waals surface area contributed by atoms with Gasteiger partial charge in [-0.15, -0.1) is 0 Å². The average Bonchev–Trinajstić information content (AvgIpc) is 2.59. The molecule has 0 heterocycles. The predicted molar refractivity (Wildman–Crippen MR) is 102 cm³/mol. The molecule has 0 fully saturated rings. The van der Waals surface area contributed by atoms with E-state index in [4.69, 9.17) is 4.74 Å². The number of aryl methyl sites for hydroxylation is 2. The van der Waals surface area contributed by atoms with Crippen LogP contribution in [0.2, 0.25) is 0 Å². The summed E-state index contributed by atoms with van der Waals surface area (Å²) in [7, 11) is 0. The van der Waals surface area contributed by atoms with E-state index >= 15 is 0 Å². The zero-order chi connectivity index (χ0) is 17.2. The molecule has 128 valence electrons. The maximum Gasteiger partial charge on any atom is 0.220 e. The van der Waals surface area contributed by atoms with Crippen LogP contribution in [0.15, 0.2) is 48.5 Å². The van der Waals surface area contributed by atoms with Crippen molar-refractivity contribution in [2.45, 2.75) is 26.0 Å². The summed E-state index contributed by atoms with van der Waals surface area (Å²) in [5.74, 6) is 2.72. The molecule has 3 nitrogen and oxygen atoms in total. The lowest BCUT2D eigenvalue weighted by Crippen LogP contribution is -2.28. The van der Waals surface area contributed by atoms with Gasteiger partial charge in [0.15, 0.2) is 0 Å². The first-order valence-electron chi connectivity index (χ1n) is 8.23. The maximum absolute atomic E-state index is 11.8. The number of benzene rings is 2. The molecule has 4 heteroatoms. The molecule has 1 N–H and O–H groups in total. The van der Waals surface area contributed by atoms with Gasteiger partial charge in [0.25, 0.3) is 0 Å². The van der Waals surface area contributed by atoms with Gasteiger partial charge in [0, 0.05) is 17.9 Å². The van der Waals surface area contributed by atoms with Crippen LogP contribution in [0, 0.1) is 13.8 Å². The molecule has 0 aliphatic carbocycles.